The van der Waals surface area contributed by atoms with Gasteiger partial charge in [-0.2, -0.15) is 0 Å². The molecule has 1 aliphatic carbocycles. The Morgan fingerprint density at radius 3 is 2.03 bits per heavy atom. The van der Waals surface area contributed by atoms with E-state index in [-0.39, 0.29) is 5.56 Å². The third-order valence-electron chi connectivity index (χ3n) is 6.17. The summed E-state index contributed by atoms with van der Waals surface area (Å²) in [7, 11) is 0. The molecular weight excluding hydrogens is 428 g/mol. The number of benzene rings is 2. The lowest BCUT2D eigenvalue weighted by molar-refractivity contribution is -0.394. The van der Waals surface area contributed by atoms with Gasteiger partial charge in [0.15, 0.2) is 0 Å². The van der Waals surface area contributed by atoms with Crippen molar-refractivity contribution >= 4 is 17.3 Å². The zero-order valence-electron chi connectivity index (χ0n) is 18.8. The van der Waals surface area contributed by atoms with Crippen molar-refractivity contribution in [3.63, 3.8) is 0 Å². The molecule has 0 aromatic heterocycles. The highest BCUT2D eigenvalue weighted by molar-refractivity contribution is 5.91. The van der Waals surface area contributed by atoms with Crippen molar-refractivity contribution < 1.29 is 24.1 Å². The summed E-state index contributed by atoms with van der Waals surface area (Å²) in [5, 5.41) is 22.1. The third-order valence-corrected chi connectivity index (χ3v) is 6.17. The molecule has 0 aliphatic heterocycles. The number of hydrogen-bond acceptors (Lipinski definition) is 7. The lowest BCUT2D eigenvalue weighted by Crippen LogP contribution is -2.23. The molecule has 176 valence electrons. The fraction of sp³-hybridized carbons (Fsp3) is 0.458. The van der Waals surface area contributed by atoms with Gasteiger partial charge in [0.1, 0.15) is 5.75 Å². The van der Waals surface area contributed by atoms with E-state index in [2.05, 4.69) is 6.92 Å². The van der Waals surface area contributed by atoms with Crippen LogP contribution in [0, 0.1) is 26.1 Å². The van der Waals surface area contributed by atoms with Crippen LogP contribution in [0.5, 0.6) is 5.75 Å². The van der Waals surface area contributed by atoms with E-state index in [4.69, 9.17) is 9.47 Å². The minimum atomic E-state index is -0.943. The van der Waals surface area contributed by atoms with Crippen LogP contribution < -0.4 is 4.74 Å². The summed E-state index contributed by atoms with van der Waals surface area (Å²) in [6.45, 7) is 4.00. The maximum atomic E-state index is 12.5. The Balaban J connectivity index is 1.65. The average molecular weight is 456 g/mol. The van der Waals surface area contributed by atoms with E-state index in [0.29, 0.717) is 18.1 Å². The summed E-state index contributed by atoms with van der Waals surface area (Å²) in [6, 6.07) is 10.4. The topological polar surface area (TPSA) is 122 Å². The molecule has 1 aliphatic rings. The molecule has 1 atom stereocenters. The molecule has 0 saturated heterocycles. The number of nitro benzene ring substituents is 2. The molecule has 0 N–H and O–H groups in total. The second kappa shape index (κ2) is 10.9. The Bertz CT molecular complexity index is 966. The Morgan fingerprint density at radius 1 is 0.970 bits per heavy atom. The van der Waals surface area contributed by atoms with E-state index in [9.17, 15) is 25.0 Å². The Labute approximate surface area is 192 Å². The second-order valence-corrected chi connectivity index (χ2v) is 8.31. The van der Waals surface area contributed by atoms with Crippen LogP contribution in [0.15, 0.2) is 42.5 Å². The fourth-order valence-electron chi connectivity index (χ4n) is 4.18. The number of non-ortho nitro benzene ring substituents is 2. The lowest BCUT2D eigenvalue weighted by Gasteiger charge is -2.28. The van der Waals surface area contributed by atoms with Gasteiger partial charge in [0, 0.05) is 18.6 Å². The standard InChI is InChI=1S/C24H28N2O7/c1-3-16-5-7-17(8-6-16)18-9-11-22(12-10-18)32-23(4-2)33-24(27)19-13-20(25(28)29)15-21(14-19)26(30)31/h9-17,23H,3-8H2,1-2H3/t16-,17-,23?. The van der Waals surface area contributed by atoms with Gasteiger partial charge in [-0.05, 0) is 55.2 Å². The molecule has 1 fully saturated rings. The number of esters is 1. The summed E-state index contributed by atoms with van der Waals surface area (Å²) in [4.78, 5) is 33.0. The molecule has 9 heteroatoms. The molecule has 0 heterocycles. The van der Waals surface area contributed by atoms with Gasteiger partial charge in [0.2, 0.25) is 6.29 Å². The molecule has 1 unspecified atom stereocenters. The molecule has 0 radical (unpaired) electrons. The van der Waals surface area contributed by atoms with Gasteiger partial charge in [-0.3, -0.25) is 20.2 Å². The summed E-state index contributed by atoms with van der Waals surface area (Å²) >= 11 is 0. The summed E-state index contributed by atoms with van der Waals surface area (Å²) in [5.41, 5.74) is -0.135. The highest BCUT2D eigenvalue weighted by atomic mass is 16.7. The van der Waals surface area contributed by atoms with E-state index in [1.165, 1.54) is 37.7 Å². The third kappa shape index (κ3) is 6.27. The molecule has 0 spiro atoms. The zero-order valence-corrected chi connectivity index (χ0v) is 18.8. The second-order valence-electron chi connectivity index (χ2n) is 8.31. The molecule has 0 bridgehead atoms. The lowest BCUT2D eigenvalue weighted by atomic mass is 9.78. The SMILES string of the molecule is CCC(OC(=O)c1cc([N+](=O)[O-])cc([N+](=O)[O-])c1)Oc1ccc([C@H]2CC[C@H](CC)CC2)cc1. The predicted octanol–water partition coefficient (Wildman–Crippen LogP) is 6.16. The van der Waals surface area contributed by atoms with Gasteiger partial charge in [0.05, 0.1) is 21.5 Å². The molecule has 2 aromatic rings. The molecule has 9 nitrogen and oxygen atoms in total. The van der Waals surface area contributed by atoms with Crippen LogP contribution in [-0.2, 0) is 4.74 Å². The van der Waals surface area contributed by atoms with Gasteiger partial charge in [-0.15, -0.1) is 0 Å². The minimum absolute atomic E-state index is 0.282. The van der Waals surface area contributed by atoms with Crippen LogP contribution in [0.1, 0.15) is 74.2 Å². The Morgan fingerprint density at radius 2 is 1.55 bits per heavy atom. The van der Waals surface area contributed by atoms with Crippen molar-refractivity contribution in [2.45, 2.75) is 64.6 Å². The quantitative estimate of drug-likeness (QED) is 0.192. The number of hydrogen-bond donors (Lipinski definition) is 0. The maximum absolute atomic E-state index is 12.5. The first kappa shape index (κ1) is 24.2. The maximum Gasteiger partial charge on any atom is 0.341 e. The van der Waals surface area contributed by atoms with Crippen molar-refractivity contribution in [3.8, 4) is 5.75 Å². The first-order valence-electron chi connectivity index (χ1n) is 11.2. The van der Waals surface area contributed by atoms with Gasteiger partial charge < -0.3 is 9.47 Å². The van der Waals surface area contributed by atoms with Crippen LogP contribution in [0.2, 0.25) is 0 Å². The highest BCUT2D eigenvalue weighted by Gasteiger charge is 2.24. The van der Waals surface area contributed by atoms with Gasteiger partial charge >= 0.3 is 5.97 Å². The average Bonchev–Trinajstić information content (AvgIpc) is 2.83. The number of nitro groups is 2. The van der Waals surface area contributed by atoms with E-state index in [1.807, 2.05) is 24.3 Å². The van der Waals surface area contributed by atoms with E-state index in [0.717, 1.165) is 24.1 Å². The molecule has 3 rings (SSSR count). The fourth-order valence-corrected chi connectivity index (χ4v) is 4.18. The number of nitrogens with zero attached hydrogens (tertiary/aromatic N) is 2. The molecular formula is C24H28N2O7. The van der Waals surface area contributed by atoms with Crippen LogP contribution in [0.25, 0.3) is 0 Å². The zero-order chi connectivity index (χ0) is 24.0. The monoisotopic (exact) mass is 456 g/mol. The summed E-state index contributed by atoms with van der Waals surface area (Å²) in [5.74, 6) is 0.978. The van der Waals surface area contributed by atoms with Crippen LogP contribution in [0.3, 0.4) is 0 Å². The molecule has 0 amide bonds. The first-order valence-corrected chi connectivity index (χ1v) is 11.2. The van der Waals surface area contributed by atoms with E-state index in [1.54, 1.807) is 6.92 Å². The summed E-state index contributed by atoms with van der Waals surface area (Å²) in [6.07, 6.45) is 5.49. The van der Waals surface area contributed by atoms with Crippen molar-refractivity contribution in [1.82, 2.24) is 0 Å². The number of carbonyl (C=O) groups excluding carboxylic acids is 1. The van der Waals surface area contributed by atoms with E-state index >= 15 is 0 Å². The van der Waals surface area contributed by atoms with E-state index < -0.39 is 33.5 Å². The number of rotatable bonds is 9. The normalized spacial score (nSPS) is 18.8. The van der Waals surface area contributed by atoms with Crippen molar-refractivity contribution in [1.29, 1.82) is 0 Å². The van der Waals surface area contributed by atoms with Crippen LogP contribution in [-0.4, -0.2) is 22.1 Å². The predicted molar refractivity (Wildman–Crippen MR) is 121 cm³/mol. The highest BCUT2D eigenvalue weighted by Crippen LogP contribution is 2.37. The van der Waals surface area contributed by atoms with Crippen molar-refractivity contribution in [3.05, 3.63) is 73.8 Å². The van der Waals surface area contributed by atoms with Crippen molar-refractivity contribution in [2.24, 2.45) is 5.92 Å². The smallest absolute Gasteiger partial charge is 0.341 e. The number of carbonyl (C=O) groups is 1. The van der Waals surface area contributed by atoms with Crippen LogP contribution in [0.4, 0.5) is 11.4 Å². The van der Waals surface area contributed by atoms with Crippen molar-refractivity contribution in [2.75, 3.05) is 0 Å². The minimum Gasteiger partial charge on any atom is -0.455 e. The first-order chi connectivity index (χ1) is 15.8. The van der Waals surface area contributed by atoms with Gasteiger partial charge in [0.25, 0.3) is 11.4 Å². The molecule has 1 saturated carbocycles. The van der Waals surface area contributed by atoms with Gasteiger partial charge in [-0.25, -0.2) is 4.79 Å². The number of ether oxygens (including phenoxy) is 2. The largest absolute Gasteiger partial charge is 0.455 e. The Hall–Kier alpha value is -3.49. The molecule has 33 heavy (non-hydrogen) atoms. The van der Waals surface area contributed by atoms with Crippen LogP contribution >= 0.6 is 0 Å². The van der Waals surface area contributed by atoms with Gasteiger partial charge in [-0.1, -0.05) is 32.4 Å². The summed E-state index contributed by atoms with van der Waals surface area (Å²) < 4.78 is 11.1. The Kier molecular flexibility index (Phi) is 7.97. The molecule has 2 aromatic carbocycles.